The number of nitrogens with one attached hydrogen (secondary N) is 1. The van der Waals surface area contributed by atoms with E-state index in [0.717, 1.165) is 0 Å². The molecule has 4 N–H and O–H groups in total. The molecule has 0 saturated carbocycles. The number of hydrogen-bond acceptors (Lipinski definition) is 5. The molecule has 0 radical (unpaired) electrons. The van der Waals surface area contributed by atoms with E-state index in [4.69, 9.17) is 10.8 Å². The largest absolute Gasteiger partial charge is 0.481 e. The van der Waals surface area contributed by atoms with Gasteiger partial charge in [0.25, 0.3) is 0 Å². The van der Waals surface area contributed by atoms with Gasteiger partial charge < -0.3 is 16.2 Å². The van der Waals surface area contributed by atoms with E-state index in [9.17, 15) is 9.59 Å². The van der Waals surface area contributed by atoms with E-state index >= 15 is 0 Å². The Morgan fingerprint density at radius 2 is 2.15 bits per heavy atom. The van der Waals surface area contributed by atoms with Gasteiger partial charge in [-0.3, -0.25) is 9.59 Å². The highest BCUT2D eigenvalue weighted by molar-refractivity contribution is 7.13. The molecule has 20 heavy (non-hydrogen) atoms. The van der Waals surface area contributed by atoms with Crippen molar-refractivity contribution in [2.24, 2.45) is 0 Å². The smallest absolute Gasteiger partial charge is 0.307 e. The summed E-state index contributed by atoms with van der Waals surface area (Å²) in [4.78, 5) is 26.5. The van der Waals surface area contributed by atoms with Gasteiger partial charge in [-0.2, -0.15) is 0 Å². The van der Waals surface area contributed by atoms with Crippen molar-refractivity contribution in [2.45, 2.75) is 12.8 Å². The SMILES string of the molecule is Nc1nc(CC(=O)Nc2cccc(CC(=O)O)c2)cs1. The molecule has 6 nitrogen and oxygen atoms in total. The van der Waals surface area contributed by atoms with Crippen molar-refractivity contribution in [3.63, 3.8) is 0 Å². The van der Waals surface area contributed by atoms with E-state index in [1.54, 1.807) is 29.6 Å². The summed E-state index contributed by atoms with van der Waals surface area (Å²) in [5.74, 6) is -1.13. The number of carbonyl (C=O) groups excluding carboxylic acids is 1. The molecule has 1 aromatic carbocycles. The van der Waals surface area contributed by atoms with Gasteiger partial charge in [0.1, 0.15) is 0 Å². The Kier molecular flexibility index (Phi) is 4.31. The van der Waals surface area contributed by atoms with Crippen molar-refractivity contribution in [1.29, 1.82) is 0 Å². The highest BCUT2D eigenvalue weighted by Crippen LogP contribution is 2.14. The number of nitrogen functional groups attached to an aromatic ring is 1. The number of hydrogen-bond donors (Lipinski definition) is 3. The normalized spacial score (nSPS) is 10.2. The molecule has 2 aromatic rings. The molecule has 2 rings (SSSR count). The summed E-state index contributed by atoms with van der Waals surface area (Å²) in [5, 5.41) is 13.6. The van der Waals surface area contributed by atoms with Crippen molar-refractivity contribution >= 4 is 34.0 Å². The van der Waals surface area contributed by atoms with Gasteiger partial charge in [-0.25, -0.2) is 4.98 Å². The molecular formula is C13H13N3O3S. The molecule has 104 valence electrons. The molecule has 0 unspecified atom stereocenters. The van der Waals surface area contributed by atoms with Gasteiger partial charge in [0, 0.05) is 11.1 Å². The Morgan fingerprint density at radius 3 is 2.80 bits per heavy atom. The average molecular weight is 291 g/mol. The van der Waals surface area contributed by atoms with Crippen molar-refractivity contribution < 1.29 is 14.7 Å². The van der Waals surface area contributed by atoms with Crippen LogP contribution in [0.1, 0.15) is 11.3 Å². The minimum absolute atomic E-state index is 0.0771. The Bertz CT molecular complexity index is 639. The van der Waals surface area contributed by atoms with Gasteiger partial charge in [0.15, 0.2) is 5.13 Å². The molecule has 0 aliphatic carbocycles. The third-order valence-corrected chi connectivity index (χ3v) is 3.20. The third-order valence-electron chi connectivity index (χ3n) is 2.48. The fourth-order valence-corrected chi connectivity index (χ4v) is 2.27. The quantitative estimate of drug-likeness (QED) is 0.774. The lowest BCUT2D eigenvalue weighted by atomic mass is 10.1. The first kappa shape index (κ1) is 14.0. The van der Waals surface area contributed by atoms with E-state index < -0.39 is 5.97 Å². The zero-order valence-corrected chi connectivity index (χ0v) is 11.3. The predicted molar refractivity (Wildman–Crippen MR) is 76.6 cm³/mol. The van der Waals surface area contributed by atoms with Crippen LogP contribution in [0.15, 0.2) is 29.6 Å². The van der Waals surface area contributed by atoms with Gasteiger partial charge in [0.05, 0.1) is 18.5 Å². The number of carboxylic acids is 1. The second kappa shape index (κ2) is 6.16. The molecule has 0 atom stereocenters. The molecule has 1 heterocycles. The first-order valence-electron chi connectivity index (χ1n) is 5.83. The zero-order valence-electron chi connectivity index (χ0n) is 10.5. The number of aromatic nitrogens is 1. The summed E-state index contributed by atoms with van der Waals surface area (Å²) in [6, 6.07) is 6.75. The number of carboxylic acid groups (broad SMARTS) is 1. The van der Waals surface area contributed by atoms with Crippen LogP contribution in [0.25, 0.3) is 0 Å². The molecule has 0 bridgehead atoms. The van der Waals surface area contributed by atoms with Crippen molar-refractivity contribution in [3.8, 4) is 0 Å². The Hall–Kier alpha value is -2.41. The summed E-state index contributed by atoms with van der Waals surface area (Å²) in [7, 11) is 0. The summed E-state index contributed by atoms with van der Waals surface area (Å²) < 4.78 is 0. The number of carbonyl (C=O) groups is 2. The summed E-state index contributed by atoms with van der Waals surface area (Å²) in [6.45, 7) is 0. The second-order valence-electron chi connectivity index (χ2n) is 4.17. The first-order valence-corrected chi connectivity index (χ1v) is 6.71. The van der Waals surface area contributed by atoms with E-state index in [1.807, 2.05) is 0 Å². The number of thiazole rings is 1. The molecule has 0 spiro atoms. The molecule has 1 amide bonds. The topological polar surface area (TPSA) is 105 Å². The average Bonchev–Trinajstić information content (AvgIpc) is 2.74. The van der Waals surface area contributed by atoms with Crippen LogP contribution < -0.4 is 11.1 Å². The highest BCUT2D eigenvalue weighted by atomic mass is 32.1. The van der Waals surface area contributed by atoms with E-state index in [0.29, 0.717) is 22.1 Å². The molecular weight excluding hydrogens is 278 g/mol. The lowest BCUT2D eigenvalue weighted by Crippen LogP contribution is -2.15. The third kappa shape index (κ3) is 4.06. The number of nitrogens with zero attached hydrogens (tertiary/aromatic N) is 1. The van der Waals surface area contributed by atoms with Gasteiger partial charge in [0.2, 0.25) is 5.91 Å². The molecule has 1 aromatic heterocycles. The van der Waals surface area contributed by atoms with E-state index in [1.165, 1.54) is 11.3 Å². The van der Waals surface area contributed by atoms with Crippen LogP contribution in [0.5, 0.6) is 0 Å². The first-order chi connectivity index (χ1) is 9.52. The number of rotatable bonds is 5. The molecule has 0 aliphatic rings. The fraction of sp³-hybridized carbons (Fsp3) is 0.154. The Balaban J connectivity index is 1.98. The summed E-state index contributed by atoms with van der Waals surface area (Å²) in [6.07, 6.45) is 0.0587. The fourth-order valence-electron chi connectivity index (χ4n) is 1.71. The van der Waals surface area contributed by atoms with E-state index in [2.05, 4.69) is 10.3 Å². The summed E-state index contributed by atoms with van der Waals surface area (Å²) in [5.41, 5.74) is 7.31. The van der Waals surface area contributed by atoms with Crippen molar-refractivity contribution in [2.75, 3.05) is 11.1 Å². The van der Waals surface area contributed by atoms with E-state index in [-0.39, 0.29) is 18.7 Å². The van der Waals surface area contributed by atoms with Gasteiger partial charge in [-0.05, 0) is 17.7 Å². The Morgan fingerprint density at radius 1 is 1.35 bits per heavy atom. The molecule has 0 saturated heterocycles. The second-order valence-corrected chi connectivity index (χ2v) is 5.06. The van der Waals surface area contributed by atoms with Crippen LogP contribution in [0.4, 0.5) is 10.8 Å². The maximum Gasteiger partial charge on any atom is 0.307 e. The number of anilines is 2. The van der Waals surface area contributed by atoms with Crippen molar-refractivity contribution in [3.05, 3.63) is 40.9 Å². The highest BCUT2D eigenvalue weighted by Gasteiger charge is 2.08. The maximum absolute atomic E-state index is 11.8. The molecule has 0 aliphatic heterocycles. The van der Waals surface area contributed by atoms with Gasteiger partial charge in [-0.15, -0.1) is 11.3 Å². The van der Waals surface area contributed by atoms with Crippen LogP contribution in [-0.2, 0) is 22.4 Å². The minimum atomic E-state index is -0.911. The molecule has 7 heteroatoms. The number of aliphatic carboxylic acids is 1. The lowest BCUT2D eigenvalue weighted by Gasteiger charge is -2.05. The lowest BCUT2D eigenvalue weighted by molar-refractivity contribution is -0.136. The van der Waals surface area contributed by atoms with Gasteiger partial charge >= 0.3 is 5.97 Å². The predicted octanol–water partition coefficient (Wildman–Crippen LogP) is 1.53. The number of amides is 1. The van der Waals surface area contributed by atoms with Crippen LogP contribution in [0.3, 0.4) is 0 Å². The van der Waals surface area contributed by atoms with Gasteiger partial charge in [-0.1, -0.05) is 12.1 Å². The summed E-state index contributed by atoms with van der Waals surface area (Å²) >= 11 is 1.28. The number of nitrogens with two attached hydrogens (primary N) is 1. The van der Waals surface area contributed by atoms with Crippen LogP contribution in [0.2, 0.25) is 0 Å². The minimum Gasteiger partial charge on any atom is -0.481 e. The molecule has 0 fully saturated rings. The zero-order chi connectivity index (χ0) is 14.5. The van der Waals surface area contributed by atoms with Crippen LogP contribution in [0, 0.1) is 0 Å². The maximum atomic E-state index is 11.8. The van der Waals surface area contributed by atoms with Crippen molar-refractivity contribution in [1.82, 2.24) is 4.98 Å². The Labute approximate surface area is 119 Å². The standard InChI is InChI=1S/C13H13N3O3S/c14-13-16-10(7-20-13)6-11(17)15-9-3-1-2-8(4-9)5-12(18)19/h1-4,7H,5-6H2,(H2,14,16)(H,15,17)(H,18,19). The van der Waals surface area contributed by atoms with Crippen LogP contribution in [-0.4, -0.2) is 22.0 Å². The number of benzene rings is 1. The van der Waals surface area contributed by atoms with Crippen LogP contribution >= 0.6 is 11.3 Å². The monoisotopic (exact) mass is 291 g/mol.